The molecule has 4 rings (SSSR count). The fourth-order valence-electron chi connectivity index (χ4n) is 3.93. The van der Waals surface area contributed by atoms with Gasteiger partial charge in [0.1, 0.15) is 5.82 Å². The van der Waals surface area contributed by atoms with Gasteiger partial charge in [-0.15, -0.1) is 0 Å². The van der Waals surface area contributed by atoms with Gasteiger partial charge in [-0.1, -0.05) is 43.3 Å². The number of H-pyrrole nitrogens is 1. The van der Waals surface area contributed by atoms with E-state index < -0.39 is 17.7 Å². The van der Waals surface area contributed by atoms with E-state index in [1.54, 1.807) is 30.3 Å². The molecule has 0 atom stereocenters. The molecule has 0 radical (unpaired) electrons. The van der Waals surface area contributed by atoms with E-state index in [9.17, 15) is 13.6 Å². The van der Waals surface area contributed by atoms with Crippen molar-refractivity contribution >= 4 is 39.8 Å². The average molecular weight is 455 g/mol. The molecule has 0 spiro atoms. The Morgan fingerprint density at radius 3 is 2.50 bits per heavy atom. The number of aromatic amines is 1. The molecule has 3 aromatic carbocycles. The van der Waals surface area contributed by atoms with Crippen LogP contribution in [0.25, 0.3) is 33.0 Å². The molecule has 0 fully saturated rings. The number of benzene rings is 3. The first-order chi connectivity index (χ1) is 16.4. The second-order valence-electron chi connectivity index (χ2n) is 7.54. The van der Waals surface area contributed by atoms with Crippen LogP contribution in [-0.4, -0.2) is 21.3 Å². The second kappa shape index (κ2) is 9.51. The highest BCUT2D eigenvalue weighted by Gasteiger charge is 2.18. The van der Waals surface area contributed by atoms with Crippen LogP contribution in [0.4, 0.5) is 14.5 Å². The van der Waals surface area contributed by atoms with Gasteiger partial charge in [-0.25, -0.2) is 14.0 Å². The van der Waals surface area contributed by atoms with Crippen molar-refractivity contribution < 1.29 is 18.7 Å². The van der Waals surface area contributed by atoms with Crippen molar-refractivity contribution in [3.8, 4) is 0 Å². The van der Waals surface area contributed by atoms with Crippen molar-refractivity contribution in [1.82, 2.24) is 10.2 Å². The fourth-order valence-corrected chi connectivity index (χ4v) is 3.93. The van der Waals surface area contributed by atoms with Gasteiger partial charge < -0.3 is 5.11 Å². The van der Waals surface area contributed by atoms with Gasteiger partial charge in [-0.3, -0.25) is 5.10 Å². The average Bonchev–Trinajstić information content (AvgIpc) is 3.21. The molecule has 168 valence electrons. The minimum atomic E-state index is -1.05. The lowest BCUT2D eigenvalue weighted by Gasteiger charge is -2.18. The van der Waals surface area contributed by atoms with Crippen LogP contribution in [0.3, 0.4) is 0 Å². The quantitative estimate of drug-likeness (QED) is 0.190. The third kappa shape index (κ3) is 4.48. The molecule has 34 heavy (non-hydrogen) atoms. The van der Waals surface area contributed by atoms with Crippen LogP contribution in [0.2, 0.25) is 0 Å². The Balaban J connectivity index is 1.98. The van der Waals surface area contributed by atoms with E-state index in [1.165, 1.54) is 18.2 Å². The summed E-state index contributed by atoms with van der Waals surface area (Å²) in [6, 6.07) is 16.6. The Hall–Kier alpha value is -4.57. The normalized spacial score (nSPS) is 12.1. The minimum Gasteiger partial charge on any atom is -0.478 e. The monoisotopic (exact) mass is 455 g/mol. The number of halogens is 2. The molecular weight excluding hydrogens is 436 g/mol. The van der Waals surface area contributed by atoms with Crippen molar-refractivity contribution in [3.05, 3.63) is 112 Å². The number of carboxylic acids is 1. The van der Waals surface area contributed by atoms with Crippen LogP contribution in [0.1, 0.15) is 35.6 Å². The molecule has 7 heteroatoms. The van der Waals surface area contributed by atoms with Crippen LogP contribution in [0.15, 0.2) is 66.7 Å². The Kier molecular flexibility index (Phi) is 6.33. The van der Waals surface area contributed by atoms with Crippen molar-refractivity contribution in [2.75, 3.05) is 0 Å². The predicted molar refractivity (Wildman–Crippen MR) is 128 cm³/mol. The fraction of sp³-hybridized carbons (Fsp3) is 0.0741. The van der Waals surface area contributed by atoms with E-state index in [2.05, 4.69) is 15.0 Å². The van der Waals surface area contributed by atoms with Gasteiger partial charge in [0.2, 0.25) is 5.95 Å². The Bertz CT molecular complexity index is 1490. The molecule has 0 saturated heterocycles. The zero-order valence-corrected chi connectivity index (χ0v) is 18.1. The second-order valence-corrected chi connectivity index (χ2v) is 7.54. The summed E-state index contributed by atoms with van der Waals surface area (Å²) >= 11 is 0. The lowest BCUT2D eigenvalue weighted by atomic mass is 9.87. The third-order valence-corrected chi connectivity index (χ3v) is 5.47. The van der Waals surface area contributed by atoms with Gasteiger partial charge in [-0.05, 0) is 70.2 Å². The summed E-state index contributed by atoms with van der Waals surface area (Å²) in [6.45, 7) is 9.48. The van der Waals surface area contributed by atoms with Gasteiger partial charge >= 0.3 is 5.97 Å². The van der Waals surface area contributed by atoms with Crippen LogP contribution in [0.5, 0.6) is 0 Å². The summed E-state index contributed by atoms with van der Waals surface area (Å²) in [6.07, 6.45) is 3.07. The molecule has 2 N–H and O–H groups in total. The number of aliphatic carboxylic acids is 1. The highest BCUT2D eigenvalue weighted by Crippen LogP contribution is 2.39. The van der Waals surface area contributed by atoms with Gasteiger partial charge in [-0.2, -0.15) is 9.49 Å². The maximum atomic E-state index is 14.3. The van der Waals surface area contributed by atoms with Crippen molar-refractivity contribution in [2.45, 2.75) is 13.3 Å². The lowest BCUT2D eigenvalue weighted by Crippen LogP contribution is -1.96. The van der Waals surface area contributed by atoms with Gasteiger partial charge in [0.05, 0.1) is 17.5 Å². The van der Waals surface area contributed by atoms with Crippen LogP contribution >= 0.6 is 0 Å². The van der Waals surface area contributed by atoms with Crippen molar-refractivity contribution in [2.24, 2.45) is 0 Å². The Morgan fingerprint density at radius 1 is 1.09 bits per heavy atom. The molecule has 0 unspecified atom stereocenters. The number of nitrogens with one attached hydrogen (secondary N) is 1. The molecule has 5 nitrogen and oxygen atoms in total. The molecule has 4 aromatic rings. The van der Waals surface area contributed by atoms with Crippen molar-refractivity contribution in [3.63, 3.8) is 0 Å². The molecule has 1 heterocycles. The highest BCUT2D eigenvalue weighted by molar-refractivity contribution is 6.02. The summed E-state index contributed by atoms with van der Waals surface area (Å²) in [7, 11) is 0. The number of aromatic nitrogens is 2. The third-order valence-electron chi connectivity index (χ3n) is 5.47. The summed E-state index contributed by atoms with van der Waals surface area (Å²) in [5.74, 6) is -2.09. The topological polar surface area (TPSA) is 70.3 Å². The number of hydrogen-bond acceptors (Lipinski definition) is 2. The highest BCUT2D eigenvalue weighted by atomic mass is 19.1. The molecular formula is C27H19F2N3O2. The standard InChI is InChI=1S/C27H19F2N3O2/c1-3-20(21-11-10-19(28)15-24(21)30-2)26(17-7-4-16(5-8-17)6-13-25(33)34)18-9-12-23-22(14-18)27(29)32-31-23/h4-15H,3H2,1H3,(H,31,32)(H,33,34)/b13-6+,26-20+. The minimum absolute atomic E-state index is 0.186. The molecule has 0 aliphatic rings. The van der Waals surface area contributed by atoms with E-state index in [0.717, 1.165) is 22.8 Å². The van der Waals surface area contributed by atoms with Gasteiger partial charge in [0.25, 0.3) is 0 Å². The number of nitrogens with zero attached hydrogens (tertiary/aromatic N) is 2. The number of rotatable bonds is 6. The van der Waals surface area contributed by atoms with E-state index >= 15 is 0 Å². The molecule has 0 bridgehead atoms. The van der Waals surface area contributed by atoms with E-state index in [-0.39, 0.29) is 5.69 Å². The summed E-state index contributed by atoms with van der Waals surface area (Å²) in [4.78, 5) is 14.3. The molecule has 0 saturated carbocycles. The lowest BCUT2D eigenvalue weighted by molar-refractivity contribution is -0.131. The SMILES string of the molecule is [C-]#[N+]c1cc(F)ccc1/C(CC)=C(\c1ccc(/C=C/C(=O)O)cc1)c1ccc2n[nH]c(F)c2c1. The first-order valence-electron chi connectivity index (χ1n) is 10.5. The molecule has 0 aliphatic carbocycles. The van der Waals surface area contributed by atoms with Crippen LogP contribution in [-0.2, 0) is 4.79 Å². The van der Waals surface area contributed by atoms with E-state index in [1.807, 2.05) is 25.1 Å². The van der Waals surface area contributed by atoms with Crippen molar-refractivity contribution in [1.29, 1.82) is 0 Å². The first-order valence-corrected chi connectivity index (χ1v) is 10.5. The Labute approximate surface area is 194 Å². The first kappa shape index (κ1) is 22.6. The maximum Gasteiger partial charge on any atom is 0.328 e. The predicted octanol–water partition coefficient (Wildman–Crippen LogP) is 6.86. The zero-order chi connectivity index (χ0) is 24.2. The summed E-state index contributed by atoms with van der Waals surface area (Å²) in [5, 5.41) is 15.5. The number of carboxylic acid groups (broad SMARTS) is 1. The largest absolute Gasteiger partial charge is 0.478 e. The van der Waals surface area contributed by atoms with Crippen LogP contribution in [0, 0.1) is 18.3 Å². The van der Waals surface area contributed by atoms with Gasteiger partial charge in [0, 0.05) is 6.08 Å². The number of hydrogen-bond donors (Lipinski definition) is 2. The zero-order valence-electron chi connectivity index (χ0n) is 18.1. The molecule has 0 aliphatic heterocycles. The maximum absolute atomic E-state index is 14.3. The summed E-state index contributed by atoms with van der Waals surface area (Å²) < 4.78 is 28.1. The van der Waals surface area contributed by atoms with Gasteiger partial charge in [0.15, 0.2) is 5.69 Å². The number of fused-ring (bicyclic) bond motifs is 1. The van der Waals surface area contributed by atoms with Crippen LogP contribution < -0.4 is 0 Å². The number of carbonyl (C=O) groups is 1. The smallest absolute Gasteiger partial charge is 0.328 e. The molecule has 1 aromatic heterocycles. The van der Waals surface area contributed by atoms with E-state index in [0.29, 0.717) is 34.0 Å². The Morgan fingerprint density at radius 2 is 1.82 bits per heavy atom. The summed E-state index contributed by atoms with van der Waals surface area (Å²) in [5.41, 5.74) is 5.01. The number of allylic oxidation sites excluding steroid dienone is 1. The van der Waals surface area contributed by atoms with E-state index in [4.69, 9.17) is 11.7 Å². The molecule has 0 amide bonds.